The summed E-state index contributed by atoms with van der Waals surface area (Å²) in [6, 6.07) is 0.406. The van der Waals surface area contributed by atoms with E-state index in [0.29, 0.717) is 29.7 Å². The molecule has 1 heterocycles. The minimum absolute atomic E-state index is 0.0493. The smallest absolute Gasteiger partial charge is 0.316 e. The number of carbonyl (C=O) groups is 1. The number of carbonyl (C=O) groups excluding carboxylic acids is 1. The van der Waals surface area contributed by atoms with Gasteiger partial charge >= 0.3 is 5.97 Å². The molecule has 0 spiro atoms. The van der Waals surface area contributed by atoms with Gasteiger partial charge in [0.25, 0.3) is 0 Å². The van der Waals surface area contributed by atoms with Crippen molar-refractivity contribution in [1.29, 1.82) is 0 Å². The molecule has 2 aliphatic carbocycles. The molecule has 24 heavy (non-hydrogen) atoms. The highest BCUT2D eigenvalue weighted by molar-refractivity contribution is 7.99. The van der Waals surface area contributed by atoms with E-state index in [-0.39, 0.29) is 17.8 Å². The SMILES string of the molecule is CC(C)[C@H]1CC[C@@H](C)C[C@@H]1OC(=O)CSc1nnc(N)n1C1CC1. The Hall–Kier alpha value is -1.24. The first-order valence-electron chi connectivity index (χ1n) is 8.98. The Morgan fingerprint density at radius 1 is 1.33 bits per heavy atom. The zero-order valence-electron chi connectivity index (χ0n) is 14.8. The lowest BCUT2D eigenvalue weighted by Crippen LogP contribution is -2.36. The van der Waals surface area contributed by atoms with Crippen molar-refractivity contribution < 1.29 is 9.53 Å². The molecular weight excluding hydrogens is 324 g/mol. The Bertz CT molecular complexity index is 585. The molecule has 0 bridgehead atoms. The molecule has 0 aromatic carbocycles. The van der Waals surface area contributed by atoms with Crippen LogP contribution in [0.1, 0.15) is 58.9 Å². The van der Waals surface area contributed by atoms with Gasteiger partial charge in [0, 0.05) is 6.04 Å². The van der Waals surface area contributed by atoms with Crippen molar-refractivity contribution in [2.45, 2.75) is 70.2 Å². The molecule has 0 radical (unpaired) electrons. The van der Waals surface area contributed by atoms with E-state index in [1.54, 1.807) is 0 Å². The summed E-state index contributed by atoms with van der Waals surface area (Å²) in [7, 11) is 0. The van der Waals surface area contributed by atoms with Crippen LogP contribution in [-0.4, -0.2) is 32.6 Å². The van der Waals surface area contributed by atoms with Crippen LogP contribution in [0.15, 0.2) is 5.16 Å². The molecule has 1 aromatic rings. The summed E-state index contributed by atoms with van der Waals surface area (Å²) >= 11 is 1.38. The van der Waals surface area contributed by atoms with Crippen molar-refractivity contribution in [3.63, 3.8) is 0 Å². The van der Waals surface area contributed by atoms with Crippen LogP contribution in [0, 0.1) is 17.8 Å². The second-order valence-corrected chi connectivity index (χ2v) is 8.53. The second kappa shape index (κ2) is 7.33. The molecular formula is C17H28N4O2S. The van der Waals surface area contributed by atoms with Gasteiger partial charge in [0.1, 0.15) is 6.10 Å². The van der Waals surface area contributed by atoms with Crippen molar-refractivity contribution in [2.75, 3.05) is 11.5 Å². The summed E-state index contributed by atoms with van der Waals surface area (Å²) in [6.07, 6.45) is 5.62. The Morgan fingerprint density at radius 2 is 2.08 bits per heavy atom. The van der Waals surface area contributed by atoms with Crippen LogP contribution in [0.2, 0.25) is 0 Å². The number of hydrogen-bond acceptors (Lipinski definition) is 6. The van der Waals surface area contributed by atoms with E-state index in [9.17, 15) is 4.79 Å². The maximum Gasteiger partial charge on any atom is 0.316 e. The number of anilines is 1. The molecule has 0 saturated heterocycles. The number of hydrogen-bond donors (Lipinski definition) is 1. The molecule has 0 aliphatic heterocycles. The van der Waals surface area contributed by atoms with E-state index in [4.69, 9.17) is 10.5 Å². The van der Waals surface area contributed by atoms with Crippen molar-refractivity contribution in [2.24, 2.45) is 17.8 Å². The molecule has 2 saturated carbocycles. The van der Waals surface area contributed by atoms with Gasteiger partial charge in [0.2, 0.25) is 5.95 Å². The van der Waals surface area contributed by atoms with Gasteiger partial charge in [-0.2, -0.15) is 0 Å². The summed E-state index contributed by atoms with van der Waals surface area (Å²) < 4.78 is 7.77. The highest BCUT2D eigenvalue weighted by atomic mass is 32.2. The maximum absolute atomic E-state index is 12.3. The van der Waals surface area contributed by atoms with E-state index >= 15 is 0 Å². The topological polar surface area (TPSA) is 83.0 Å². The van der Waals surface area contributed by atoms with E-state index in [1.807, 2.05) is 4.57 Å². The number of ether oxygens (including phenoxy) is 1. The lowest BCUT2D eigenvalue weighted by molar-refractivity contribution is -0.152. The largest absolute Gasteiger partial charge is 0.461 e. The third-order valence-electron chi connectivity index (χ3n) is 5.17. The molecule has 0 unspecified atom stereocenters. The van der Waals surface area contributed by atoms with Crippen LogP contribution in [0.3, 0.4) is 0 Å². The minimum atomic E-state index is -0.159. The predicted octanol–water partition coefficient (Wildman–Crippen LogP) is 3.29. The highest BCUT2D eigenvalue weighted by Gasteiger charge is 2.34. The molecule has 134 valence electrons. The van der Waals surface area contributed by atoms with Gasteiger partial charge in [0.05, 0.1) is 5.75 Å². The van der Waals surface area contributed by atoms with Gasteiger partial charge in [0.15, 0.2) is 5.16 Å². The summed E-state index contributed by atoms with van der Waals surface area (Å²) in [5, 5.41) is 8.75. The molecule has 2 aliphatic rings. The van der Waals surface area contributed by atoms with Gasteiger partial charge < -0.3 is 10.5 Å². The highest BCUT2D eigenvalue weighted by Crippen LogP contribution is 2.39. The number of esters is 1. The maximum atomic E-state index is 12.3. The Morgan fingerprint density at radius 3 is 2.75 bits per heavy atom. The Kier molecular flexibility index (Phi) is 5.37. The van der Waals surface area contributed by atoms with Gasteiger partial charge in [-0.1, -0.05) is 39.0 Å². The summed E-state index contributed by atoms with van der Waals surface area (Å²) in [5.41, 5.74) is 5.86. The van der Waals surface area contributed by atoms with Gasteiger partial charge in [-0.05, 0) is 43.4 Å². The van der Waals surface area contributed by atoms with Gasteiger partial charge in [-0.25, -0.2) is 0 Å². The lowest BCUT2D eigenvalue weighted by Gasteiger charge is -2.36. The Balaban J connectivity index is 1.55. The fourth-order valence-corrected chi connectivity index (χ4v) is 4.43. The van der Waals surface area contributed by atoms with Crippen molar-refractivity contribution in [3.8, 4) is 0 Å². The molecule has 3 rings (SSSR count). The zero-order chi connectivity index (χ0) is 17.3. The molecule has 1 aromatic heterocycles. The summed E-state index contributed by atoms with van der Waals surface area (Å²) in [6.45, 7) is 6.68. The standard InChI is InChI=1S/C17H28N4O2S/c1-10(2)13-7-4-11(3)8-14(13)23-15(22)9-24-17-20-19-16(18)21(17)12-5-6-12/h10-14H,4-9H2,1-3H3,(H2,18,19)/t11-,13-,14+/m1/s1. The minimum Gasteiger partial charge on any atom is -0.461 e. The van der Waals surface area contributed by atoms with Crippen LogP contribution in [0.25, 0.3) is 0 Å². The molecule has 2 fully saturated rings. The van der Waals surface area contributed by atoms with Crippen LogP contribution >= 0.6 is 11.8 Å². The second-order valence-electron chi connectivity index (χ2n) is 7.59. The Labute approximate surface area is 147 Å². The molecule has 6 nitrogen and oxygen atoms in total. The average molecular weight is 353 g/mol. The number of rotatable bonds is 6. The first-order valence-corrected chi connectivity index (χ1v) is 9.97. The summed E-state index contributed by atoms with van der Waals surface area (Å²) in [5.74, 6) is 2.19. The third-order valence-corrected chi connectivity index (χ3v) is 6.08. The number of nitrogen functional groups attached to an aromatic ring is 1. The molecule has 3 atom stereocenters. The summed E-state index contributed by atoms with van der Waals surface area (Å²) in [4.78, 5) is 12.3. The quantitative estimate of drug-likeness (QED) is 0.625. The number of aromatic nitrogens is 3. The normalized spacial score (nSPS) is 27.4. The van der Waals surface area contributed by atoms with E-state index in [1.165, 1.54) is 18.2 Å². The predicted molar refractivity (Wildman–Crippen MR) is 94.7 cm³/mol. The third kappa shape index (κ3) is 4.05. The van der Waals surface area contributed by atoms with Crippen molar-refractivity contribution in [3.05, 3.63) is 0 Å². The van der Waals surface area contributed by atoms with Crippen molar-refractivity contribution >= 4 is 23.7 Å². The van der Waals surface area contributed by atoms with Gasteiger partial charge in [-0.3, -0.25) is 9.36 Å². The fraction of sp³-hybridized carbons (Fsp3) is 0.824. The van der Waals surface area contributed by atoms with Crippen molar-refractivity contribution in [1.82, 2.24) is 14.8 Å². The van der Waals surface area contributed by atoms with E-state index in [2.05, 4.69) is 31.0 Å². The molecule has 2 N–H and O–H groups in total. The zero-order valence-corrected chi connectivity index (χ0v) is 15.6. The van der Waals surface area contributed by atoms with Crippen LogP contribution in [0.5, 0.6) is 0 Å². The van der Waals surface area contributed by atoms with Crippen LogP contribution in [0.4, 0.5) is 5.95 Å². The average Bonchev–Trinajstić information content (AvgIpc) is 3.28. The monoisotopic (exact) mass is 352 g/mol. The van der Waals surface area contributed by atoms with E-state index in [0.717, 1.165) is 30.8 Å². The van der Waals surface area contributed by atoms with Crippen LogP contribution < -0.4 is 5.73 Å². The first-order chi connectivity index (χ1) is 11.5. The lowest BCUT2D eigenvalue weighted by atomic mass is 9.75. The van der Waals surface area contributed by atoms with Crippen LogP contribution in [-0.2, 0) is 9.53 Å². The van der Waals surface area contributed by atoms with E-state index < -0.39 is 0 Å². The first kappa shape index (κ1) is 17.6. The number of nitrogens with two attached hydrogens (primary N) is 1. The van der Waals surface area contributed by atoms with Gasteiger partial charge in [-0.15, -0.1) is 10.2 Å². The molecule has 0 amide bonds. The molecule has 7 heteroatoms. The fourth-order valence-electron chi connectivity index (χ4n) is 3.64. The number of thioether (sulfide) groups is 1. The number of nitrogens with zero attached hydrogens (tertiary/aromatic N) is 3.